The van der Waals surface area contributed by atoms with Crippen molar-refractivity contribution in [1.29, 1.82) is 0 Å². The molecule has 1 aromatic rings. The molecule has 0 aliphatic heterocycles. The van der Waals surface area contributed by atoms with Crippen LogP contribution in [0.5, 0.6) is 0 Å². The minimum atomic E-state index is -0.522. The Balaban J connectivity index is 1.63. The average Bonchev–Trinajstić information content (AvgIpc) is 2.64. The van der Waals surface area contributed by atoms with Crippen LogP contribution in [0.2, 0.25) is 5.02 Å². The molecule has 2 N–H and O–H groups in total. The van der Waals surface area contributed by atoms with Gasteiger partial charge >= 0.3 is 5.97 Å². The van der Waals surface area contributed by atoms with E-state index in [4.69, 9.17) is 16.3 Å². The fourth-order valence-corrected chi connectivity index (χ4v) is 3.36. The van der Waals surface area contributed by atoms with E-state index in [9.17, 15) is 14.4 Å². The molecule has 1 fully saturated rings. The second-order valence-electron chi connectivity index (χ2n) is 7.11. The van der Waals surface area contributed by atoms with E-state index in [0.29, 0.717) is 22.4 Å². The van der Waals surface area contributed by atoms with Gasteiger partial charge in [-0.3, -0.25) is 14.4 Å². The lowest BCUT2D eigenvalue weighted by Gasteiger charge is -2.34. The summed E-state index contributed by atoms with van der Waals surface area (Å²) in [5.41, 5.74) is 0.461. The zero-order chi connectivity index (χ0) is 19.8. The largest absolute Gasteiger partial charge is 0.456 e. The summed E-state index contributed by atoms with van der Waals surface area (Å²) in [5.74, 6) is -0.0962. The van der Waals surface area contributed by atoms with Crippen LogP contribution >= 0.6 is 11.6 Å². The van der Waals surface area contributed by atoms with Crippen molar-refractivity contribution in [2.24, 2.45) is 11.8 Å². The van der Waals surface area contributed by atoms with Crippen molar-refractivity contribution in [1.82, 2.24) is 10.6 Å². The molecule has 1 aliphatic carbocycles. The lowest BCUT2D eigenvalue weighted by molar-refractivity contribution is -0.148. The molecule has 7 heteroatoms. The number of amides is 2. The first-order chi connectivity index (χ1) is 12.9. The van der Waals surface area contributed by atoms with Gasteiger partial charge in [0.2, 0.25) is 0 Å². The number of hydrogen-bond acceptors (Lipinski definition) is 4. The molecule has 0 heterocycles. The zero-order valence-electron chi connectivity index (χ0n) is 15.8. The van der Waals surface area contributed by atoms with Crippen LogP contribution in [-0.4, -0.2) is 37.0 Å². The smallest absolute Gasteiger partial charge is 0.308 e. The Labute approximate surface area is 165 Å². The van der Waals surface area contributed by atoms with Gasteiger partial charge in [0, 0.05) is 23.2 Å². The second-order valence-corrected chi connectivity index (χ2v) is 7.55. The minimum absolute atomic E-state index is 0.00345. The molecule has 6 nitrogen and oxygen atoms in total. The van der Waals surface area contributed by atoms with Crippen molar-refractivity contribution in [3.05, 3.63) is 34.9 Å². The third kappa shape index (κ3) is 6.86. The zero-order valence-corrected chi connectivity index (χ0v) is 16.6. The normalized spacial score (nSPS) is 22.0. The summed E-state index contributed by atoms with van der Waals surface area (Å²) in [6.07, 6.45) is 3.25. The summed E-state index contributed by atoms with van der Waals surface area (Å²) in [5, 5.41) is 6.13. The maximum atomic E-state index is 12.0. The number of esters is 1. The van der Waals surface area contributed by atoms with E-state index in [0.717, 1.165) is 12.8 Å². The number of carbonyl (C=O) groups is 3. The van der Waals surface area contributed by atoms with Crippen molar-refractivity contribution >= 4 is 29.4 Å². The molecule has 1 aliphatic rings. The molecule has 0 aromatic heterocycles. The SMILES string of the molecule is C[C@H]1[C@@H](NC(=O)COC(=O)CCNC(=O)c2ccc(Cl)cc2)CCC[C@@H]1C. The summed E-state index contributed by atoms with van der Waals surface area (Å²) in [4.78, 5) is 35.7. The molecule has 27 heavy (non-hydrogen) atoms. The molecular weight excluding hydrogens is 368 g/mol. The van der Waals surface area contributed by atoms with Crippen LogP contribution in [0, 0.1) is 11.8 Å². The predicted molar refractivity (Wildman–Crippen MR) is 103 cm³/mol. The molecule has 2 amide bonds. The van der Waals surface area contributed by atoms with E-state index in [1.54, 1.807) is 24.3 Å². The van der Waals surface area contributed by atoms with Gasteiger partial charge in [-0.15, -0.1) is 0 Å². The van der Waals surface area contributed by atoms with E-state index >= 15 is 0 Å². The number of rotatable bonds is 7. The maximum absolute atomic E-state index is 12.0. The van der Waals surface area contributed by atoms with Crippen LogP contribution in [0.1, 0.15) is 49.9 Å². The molecule has 0 unspecified atom stereocenters. The fraction of sp³-hybridized carbons (Fsp3) is 0.550. The van der Waals surface area contributed by atoms with Crippen molar-refractivity contribution in [2.75, 3.05) is 13.2 Å². The van der Waals surface area contributed by atoms with Gasteiger partial charge in [0.15, 0.2) is 6.61 Å². The van der Waals surface area contributed by atoms with Gasteiger partial charge in [-0.1, -0.05) is 38.3 Å². The van der Waals surface area contributed by atoms with Crippen LogP contribution in [-0.2, 0) is 14.3 Å². The fourth-order valence-electron chi connectivity index (χ4n) is 3.23. The van der Waals surface area contributed by atoms with E-state index in [1.165, 1.54) is 6.42 Å². The molecule has 0 radical (unpaired) electrons. The monoisotopic (exact) mass is 394 g/mol. The first-order valence-electron chi connectivity index (χ1n) is 9.35. The molecule has 0 spiro atoms. The summed E-state index contributed by atoms with van der Waals surface area (Å²) in [6, 6.07) is 6.59. The van der Waals surface area contributed by atoms with Crippen LogP contribution in [0.4, 0.5) is 0 Å². The van der Waals surface area contributed by atoms with Gasteiger partial charge in [-0.2, -0.15) is 0 Å². The van der Waals surface area contributed by atoms with Crippen molar-refractivity contribution < 1.29 is 19.1 Å². The highest BCUT2D eigenvalue weighted by Crippen LogP contribution is 2.29. The minimum Gasteiger partial charge on any atom is -0.456 e. The molecule has 1 saturated carbocycles. The van der Waals surface area contributed by atoms with E-state index < -0.39 is 5.97 Å². The number of benzene rings is 1. The van der Waals surface area contributed by atoms with Crippen molar-refractivity contribution in [3.63, 3.8) is 0 Å². The first kappa shape index (κ1) is 21.2. The number of carbonyl (C=O) groups excluding carboxylic acids is 3. The number of halogens is 1. The number of hydrogen-bond donors (Lipinski definition) is 2. The molecule has 2 rings (SSSR count). The lowest BCUT2D eigenvalue weighted by atomic mass is 9.78. The first-order valence-corrected chi connectivity index (χ1v) is 9.73. The van der Waals surface area contributed by atoms with Crippen molar-refractivity contribution in [2.45, 2.75) is 45.6 Å². The Morgan fingerprint density at radius 2 is 1.85 bits per heavy atom. The predicted octanol–water partition coefficient (Wildman–Crippen LogP) is 2.94. The Bertz CT molecular complexity index is 662. The molecule has 1 aromatic carbocycles. The van der Waals surface area contributed by atoms with Gasteiger partial charge in [0.05, 0.1) is 6.42 Å². The number of nitrogens with one attached hydrogen (secondary N) is 2. The highest BCUT2D eigenvalue weighted by molar-refractivity contribution is 6.30. The average molecular weight is 395 g/mol. The molecular formula is C20H27ClN2O4. The van der Waals surface area contributed by atoms with Gasteiger partial charge in [-0.25, -0.2) is 0 Å². The summed E-state index contributed by atoms with van der Waals surface area (Å²) in [6.45, 7) is 4.19. The molecule has 148 valence electrons. The van der Waals surface area contributed by atoms with Gasteiger partial charge in [0.1, 0.15) is 0 Å². The maximum Gasteiger partial charge on any atom is 0.308 e. The Morgan fingerprint density at radius 1 is 1.15 bits per heavy atom. The molecule has 0 bridgehead atoms. The summed E-state index contributed by atoms with van der Waals surface area (Å²) < 4.78 is 4.99. The van der Waals surface area contributed by atoms with E-state index in [1.807, 2.05) is 0 Å². The third-order valence-electron chi connectivity index (χ3n) is 5.14. The van der Waals surface area contributed by atoms with E-state index in [2.05, 4.69) is 24.5 Å². The third-order valence-corrected chi connectivity index (χ3v) is 5.39. The van der Waals surface area contributed by atoms with E-state index in [-0.39, 0.29) is 37.4 Å². The van der Waals surface area contributed by atoms with Gasteiger partial charge in [0.25, 0.3) is 11.8 Å². The Morgan fingerprint density at radius 3 is 2.56 bits per heavy atom. The Kier molecular flexibility index (Phi) is 8.10. The Hall–Kier alpha value is -2.08. The van der Waals surface area contributed by atoms with Crippen LogP contribution in [0.15, 0.2) is 24.3 Å². The molecule has 3 atom stereocenters. The van der Waals surface area contributed by atoms with Crippen LogP contribution in [0.3, 0.4) is 0 Å². The quantitative estimate of drug-likeness (QED) is 0.696. The van der Waals surface area contributed by atoms with Gasteiger partial charge < -0.3 is 15.4 Å². The number of ether oxygens (including phenoxy) is 1. The van der Waals surface area contributed by atoms with Crippen molar-refractivity contribution in [3.8, 4) is 0 Å². The topological polar surface area (TPSA) is 84.5 Å². The standard InChI is InChI=1S/C20H27ClN2O4/c1-13-4-3-5-17(14(13)2)23-18(24)12-27-19(25)10-11-22-20(26)15-6-8-16(21)9-7-15/h6-9,13-14,17H,3-5,10-12H2,1-2H3,(H,22,26)(H,23,24)/t13-,14+,17-/m0/s1. The lowest BCUT2D eigenvalue weighted by Crippen LogP contribution is -2.45. The molecule has 0 saturated heterocycles. The highest BCUT2D eigenvalue weighted by atomic mass is 35.5. The summed E-state index contributed by atoms with van der Waals surface area (Å²) in [7, 11) is 0. The second kappa shape index (κ2) is 10.3. The van der Waals surface area contributed by atoms with Gasteiger partial charge in [-0.05, 0) is 42.5 Å². The summed E-state index contributed by atoms with van der Waals surface area (Å²) >= 11 is 5.77. The van der Waals surface area contributed by atoms with Crippen LogP contribution < -0.4 is 10.6 Å². The highest BCUT2D eigenvalue weighted by Gasteiger charge is 2.28. The van der Waals surface area contributed by atoms with Crippen LogP contribution in [0.25, 0.3) is 0 Å².